The number of halogens is 1. The quantitative estimate of drug-likeness (QED) is 0.402. The SMILES string of the molecule is COc1ccc(CNC(=O)CSc2nnc(-c3ccc(F)cc3)n2-c2ccccc2)cc1. The molecule has 8 heteroatoms. The van der Waals surface area contributed by atoms with Crippen molar-refractivity contribution in [3.63, 3.8) is 0 Å². The molecule has 1 N–H and O–H groups in total. The van der Waals surface area contributed by atoms with Gasteiger partial charge in [-0.05, 0) is 54.1 Å². The van der Waals surface area contributed by atoms with Gasteiger partial charge in [-0.25, -0.2) is 4.39 Å². The van der Waals surface area contributed by atoms with Crippen LogP contribution < -0.4 is 10.1 Å². The number of hydrogen-bond acceptors (Lipinski definition) is 5. The number of amides is 1. The smallest absolute Gasteiger partial charge is 0.230 e. The molecule has 0 aliphatic heterocycles. The third-order valence-electron chi connectivity index (χ3n) is 4.73. The molecule has 0 radical (unpaired) electrons. The fourth-order valence-electron chi connectivity index (χ4n) is 3.08. The van der Waals surface area contributed by atoms with Crippen molar-refractivity contribution in [3.8, 4) is 22.8 Å². The summed E-state index contributed by atoms with van der Waals surface area (Å²) >= 11 is 1.29. The Kier molecular flexibility index (Phi) is 6.81. The van der Waals surface area contributed by atoms with Crippen LogP contribution in [0.5, 0.6) is 5.75 Å². The highest BCUT2D eigenvalue weighted by atomic mass is 32.2. The Morgan fingerprint density at radius 3 is 2.41 bits per heavy atom. The highest BCUT2D eigenvalue weighted by Gasteiger charge is 2.17. The highest BCUT2D eigenvalue weighted by molar-refractivity contribution is 7.99. The van der Waals surface area contributed by atoms with Crippen LogP contribution >= 0.6 is 11.8 Å². The van der Waals surface area contributed by atoms with Crippen LogP contribution in [-0.2, 0) is 11.3 Å². The summed E-state index contributed by atoms with van der Waals surface area (Å²) in [5.74, 6) is 1.11. The van der Waals surface area contributed by atoms with E-state index < -0.39 is 0 Å². The number of rotatable bonds is 8. The van der Waals surface area contributed by atoms with E-state index in [2.05, 4.69) is 15.5 Å². The van der Waals surface area contributed by atoms with Crippen molar-refractivity contribution in [2.45, 2.75) is 11.7 Å². The van der Waals surface area contributed by atoms with Gasteiger partial charge in [-0.15, -0.1) is 10.2 Å². The number of nitrogens with zero attached hydrogens (tertiary/aromatic N) is 3. The largest absolute Gasteiger partial charge is 0.497 e. The third-order valence-corrected chi connectivity index (χ3v) is 5.66. The minimum Gasteiger partial charge on any atom is -0.497 e. The molecule has 0 spiro atoms. The zero-order chi connectivity index (χ0) is 22.3. The molecule has 4 aromatic rings. The molecular weight excluding hydrogens is 427 g/mol. The topological polar surface area (TPSA) is 69.0 Å². The second-order valence-corrected chi connectivity index (χ2v) is 7.84. The van der Waals surface area contributed by atoms with Crippen molar-refractivity contribution >= 4 is 17.7 Å². The first kappa shape index (κ1) is 21.6. The Bertz CT molecular complexity index is 1180. The number of benzene rings is 3. The lowest BCUT2D eigenvalue weighted by molar-refractivity contribution is -0.118. The van der Waals surface area contributed by atoms with Crippen molar-refractivity contribution in [3.05, 3.63) is 90.2 Å². The summed E-state index contributed by atoms with van der Waals surface area (Å²) < 4.78 is 20.4. The van der Waals surface area contributed by atoms with Crippen LogP contribution in [0.2, 0.25) is 0 Å². The van der Waals surface area contributed by atoms with Crippen molar-refractivity contribution in [1.29, 1.82) is 0 Å². The Morgan fingerprint density at radius 2 is 1.72 bits per heavy atom. The zero-order valence-corrected chi connectivity index (χ0v) is 18.2. The molecule has 0 fully saturated rings. The van der Waals surface area contributed by atoms with Gasteiger partial charge in [-0.1, -0.05) is 42.1 Å². The van der Waals surface area contributed by atoms with E-state index >= 15 is 0 Å². The van der Waals surface area contributed by atoms with E-state index in [9.17, 15) is 9.18 Å². The van der Waals surface area contributed by atoms with Crippen molar-refractivity contribution in [1.82, 2.24) is 20.1 Å². The minimum absolute atomic E-state index is 0.114. The first-order chi connectivity index (χ1) is 15.6. The molecule has 4 rings (SSSR count). The average Bonchev–Trinajstić information content (AvgIpc) is 3.26. The lowest BCUT2D eigenvalue weighted by Gasteiger charge is -2.10. The summed E-state index contributed by atoms with van der Waals surface area (Å²) in [5, 5.41) is 12.1. The van der Waals surface area contributed by atoms with Gasteiger partial charge in [0.05, 0.1) is 12.9 Å². The Morgan fingerprint density at radius 1 is 1.00 bits per heavy atom. The summed E-state index contributed by atoms with van der Waals surface area (Å²) in [7, 11) is 1.61. The molecule has 162 valence electrons. The summed E-state index contributed by atoms with van der Waals surface area (Å²) in [5.41, 5.74) is 2.58. The van der Waals surface area contributed by atoms with Crippen LogP contribution in [0.25, 0.3) is 17.1 Å². The maximum atomic E-state index is 13.4. The minimum atomic E-state index is -0.317. The molecule has 1 aromatic heterocycles. The fourth-order valence-corrected chi connectivity index (χ4v) is 3.87. The van der Waals surface area contributed by atoms with Crippen molar-refractivity contribution < 1.29 is 13.9 Å². The van der Waals surface area contributed by atoms with Gasteiger partial charge in [0.2, 0.25) is 5.91 Å². The molecule has 0 atom stereocenters. The van der Waals surface area contributed by atoms with Gasteiger partial charge in [0.15, 0.2) is 11.0 Å². The standard InChI is InChI=1S/C24H21FN4O2S/c1-31-21-13-7-17(8-14-21)15-26-22(30)16-32-24-28-27-23(18-9-11-19(25)12-10-18)29(24)20-5-3-2-4-6-20/h2-14H,15-16H2,1H3,(H,26,30). The molecule has 6 nitrogen and oxygen atoms in total. The molecule has 0 aliphatic rings. The van der Waals surface area contributed by atoms with Gasteiger partial charge in [-0.3, -0.25) is 9.36 Å². The second kappa shape index (κ2) is 10.1. The Labute approximate surface area is 189 Å². The van der Waals surface area contributed by atoms with Crippen LogP contribution in [0, 0.1) is 5.82 Å². The van der Waals surface area contributed by atoms with Gasteiger partial charge in [0.25, 0.3) is 0 Å². The van der Waals surface area contributed by atoms with Gasteiger partial charge in [-0.2, -0.15) is 0 Å². The average molecular weight is 449 g/mol. The van der Waals surface area contributed by atoms with Gasteiger partial charge in [0, 0.05) is 17.8 Å². The summed E-state index contributed by atoms with van der Waals surface area (Å²) in [6.45, 7) is 0.426. The predicted octanol–water partition coefficient (Wildman–Crippen LogP) is 4.49. The fraction of sp³-hybridized carbons (Fsp3) is 0.125. The summed E-state index contributed by atoms with van der Waals surface area (Å²) in [6.07, 6.45) is 0. The van der Waals surface area contributed by atoms with E-state index in [1.54, 1.807) is 19.2 Å². The maximum absolute atomic E-state index is 13.4. The molecule has 0 unspecified atom stereocenters. The molecule has 1 heterocycles. The van der Waals surface area contributed by atoms with E-state index in [0.717, 1.165) is 22.6 Å². The van der Waals surface area contributed by atoms with Crippen LogP contribution in [0.4, 0.5) is 4.39 Å². The molecule has 0 saturated carbocycles. The monoisotopic (exact) mass is 448 g/mol. The zero-order valence-electron chi connectivity index (χ0n) is 17.4. The van der Waals surface area contributed by atoms with Crippen LogP contribution in [0.15, 0.2) is 84.0 Å². The molecule has 0 aliphatic carbocycles. The van der Waals surface area contributed by atoms with E-state index in [1.165, 1.54) is 23.9 Å². The molecule has 0 bridgehead atoms. The van der Waals surface area contributed by atoms with E-state index in [-0.39, 0.29) is 17.5 Å². The lowest BCUT2D eigenvalue weighted by atomic mass is 10.2. The summed E-state index contributed by atoms with van der Waals surface area (Å²) in [4.78, 5) is 12.4. The predicted molar refractivity (Wildman–Crippen MR) is 122 cm³/mol. The number of hydrogen-bond donors (Lipinski definition) is 1. The number of aromatic nitrogens is 3. The number of thioether (sulfide) groups is 1. The third kappa shape index (κ3) is 5.15. The van der Waals surface area contributed by atoms with Gasteiger partial charge >= 0.3 is 0 Å². The molecule has 3 aromatic carbocycles. The van der Waals surface area contributed by atoms with Crippen LogP contribution in [-0.4, -0.2) is 33.5 Å². The van der Waals surface area contributed by atoms with E-state index in [4.69, 9.17) is 4.74 Å². The second-order valence-electron chi connectivity index (χ2n) is 6.90. The normalized spacial score (nSPS) is 10.7. The van der Waals surface area contributed by atoms with Gasteiger partial charge < -0.3 is 10.1 Å². The van der Waals surface area contributed by atoms with Gasteiger partial charge in [0.1, 0.15) is 11.6 Å². The first-order valence-electron chi connectivity index (χ1n) is 9.93. The number of carbonyl (C=O) groups excluding carboxylic acids is 1. The van der Waals surface area contributed by atoms with E-state index in [1.807, 2.05) is 59.2 Å². The van der Waals surface area contributed by atoms with Crippen LogP contribution in [0.3, 0.4) is 0 Å². The Balaban J connectivity index is 1.48. The highest BCUT2D eigenvalue weighted by Crippen LogP contribution is 2.28. The number of ether oxygens (including phenoxy) is 1. The molecular formula is C24H21FN4O2S. The molecule has 0 saturated heterocycles. The Hall–Kier alpha value is -3.65. The number of nitrogens with one attached hydrogen (secondary N) is 1. The summed E-state index contributed by atoms with van der Waals surface area (Å²) in [6, 6.07) is 23.3. The van der Waals surface area contributed by atoms with E-state index in [0.29, 0.717) is 17.5 Å². The number of para-hydroxylation sites is 1. The lowest BCUT2D eigenvalue weighted by Crippen LogP contribution is -2.24. The maximum Gasteiger partial charge on any atom is 0.230 e. The van der Waals surface area contributed by atoms with Crippen LogP contribution in [0.1, 0.15) is 5.56 Å². The molecule has 1 amide bonds. The van der Waals surface area contributed by atoms with Crippen molar-refractivity contribution in [2.75, 3.05) is 12.9 Å². The number of methoxy groups -OCH3 is 1. The van der Waals surface area contributed by atoms with Crippen molar-refractivity contribution in [2.24, 2.45) is 0 Å². The number of carbonyl (C=O) groups is 1. The molecule has 32 heavy (non-hydrogen) atoms. The first-order valence-corrected chi connectivity index (χ1v) is 10.9.